The van der Waals surface area contributed by atoms with E-state index < -0.39 is 20.0 Å². The third-order valence-electron chi connectivity index (χ3n) is 7.89. The molecule has 0 bridgehead atoms. The zero-order valence-corrected chi connectivity index (χ0v) is 28.8. The molecule has 0 atom stereocenters. The Labute approximate surface area is 283 Å². The van der Waals surface area contributed by atoms with Gasteiger partial charge in [0.05, 0.1) is 21.2 Å². The highest BCUT2D eigenvalue weighted by Crippen LogP contribution is 2.24. The molecule has 4 aromatic rings. The number of unbranched alkanes of at least 4 members (excludes halogenated alkanes) is 5. The summed E-state index contributed by atoms with van der Waals surface area (Å²) < 4.78 is 54.2. The van der Waals surface area contributed by atoms with E-state index in [1.165, 1.54) is 47.0 Å². The van der Waals surface area contributed by atoms with Gasteiger partial charge in [-0.1, -0.05) is 62.1 Å². The predicted molar refractivity (Wildman–Crippen MR) is 191 cm³/mol. The molecule has 0 unspecified atom stereocenters. The van der Waals surface area contributed by atoms with E-state index in [9.17, 15) is 26.4 Å². The zero-order valence-electron chi connectivity index (χ0n) is 27.2. The third-order valence-corrected chi connectivity index (χ3v) is 11.5. The minimum atomic E-state index is -3.72. The number of hydrogen-bond acceptors (Lipinski definition) is 6. The van der Waals surface area contributed by atoms with Crippen LogP contribution >= 0.6 is 0 Å². The van der Waals surface area contributed by atoms with Gasteiger partial charge in [-0.3, -0.25) is 18.2 Å². The number of benzene rings is 4. The topological polar surface area (TPSA) is 133 Å². The second kappa shape index (κ2) is 16.9. The summed E-state index contributed by atoms with van der Waals surface area (Å²) in [6, 6.07) is 29.9. The van der Waals surface area contributed by atoms with Gasteiger partial charge in [0.15, 0.2) is 0 Å². The lowest BCUT2D eigenvalue weighted by atomic mass is 10.1. The Bertz CT molecular complexity index is 1710. The number of hydrogen-bond donors (Lipinski definition) is 2. The van der Waals surface area contributed by atoms with Crippen molar-refractivity contribution < 1.29 is 26.4 Å². The van der Waals surface area contributed by atoms with Gasteiger partial charge in [0, 0.05) is 38.3 Å². The largest absolute Gasteiger partial charge is 0.326 e. The highest BCUT2D eigenvalue weighted by atomic mass is 32.2. The third kappa shape index (κ3) is 9.91. The first kappa shape index (κ1) is 36.2. The molecule has 0 aliphatic rings. The lowest BCUT2D eigenvalue weighted by Crippen LogP contribution is -2.26. The summed E-state index contributed by atoms with van der Waals surface area (Å²) in [6.07, 6.45) is 5.85. The fourth-order valence-corrected chi connectivity index (χ4v) is 7.41. The SMILES string of the molecule is CN(c1ccccc1)S(=O)(=O)c1ccc(NC(=O)CCCCCCCCC(=O)Nc2ccc(S(=O)(=O)N(C)c3ccccc3)cc2)cc1. The van der Waals surface area contributed by atoms with Crippen LogP contribution in [0.5, 0.6) is 0 Å². The van der Waals surface area contributed by atoms with Crippen molar-refractivity contribution in [1.82, 2.24) is 0 Å². The number of nitrogens with zero attached hydrogens (tertiary/aromatic N) is 2. The monoisotopic (exact) mass is 690 g/mol. The van der Waals surface area contributed by atoms with Gasteiger partial charge in [-0.2, -0.15) is 0 Å². The van der Waals surface area contributed by atoms with Crippen molar-refractivity contribution in [2.45, 2.75) is 61.2 Å². The van der Waals surface area contributed by atoms with Gasteiger partial charge in [-0.15, -0.1) is 0 Å². The quantitative estimate of drug-likeness (QED) is 0.114. The van der Waals surface area contributed by atoms with E-state index in [1.807, 2.05) is 12.1 Å². The second-order valence-corrected chi connectivity index (χ2v) is 15.3. The fraction of sp³-hybridized carbons (Fsp3) is 0.278. The van der Waals surface area contributed by atoms with Crippen LogP contribution in [0.3, 0.4) is 0 Å². The minimum absolute atomic E-state index is 0.127. The minimum Gasteiger partial charge on any atom is -0.326 e. The molecule has 4 rings (SSSR count). The van der Waals surface area contributed by atoms with Gasteiger partial charge in [-0.05, 0) is 85.6 Å². The number of nitrogens with one attached hydrogen (secondary N) is 2. The van der Waals surface area contributed by atoms with Crippen LogP contribution in [0.4, 0.5) is 22.7 Å². The summed E-state index contributed by atoms with van der Waals surface area (Å²) in [7, 11) is -4.43. The van der Waals surface area contributed by atoms with Gasteiger partial charge in [0.1, 0.15) is 0 Å². The molecule has 12 heteroatoms. The number of sulfonamides is 2. The number of carbonyl (C=O) groups excluding carboxylic acids is 2. The van der Waals surface area contributed by atoms with E-state index in [4.69, 9.17) is 0 Å². The number of rotatable bonds is 17. The lowest BCUT2D eigenvalue weighted by molar-refractivity contribution is -0.117. The van der Waals surface area contributed by atoms with Gasteiger partial charge >= 0.3 is 0 Å². The first-order valence-electron chi connectivity index (χ1n) is 15.9. The average Bonchev–Trinajstić information content (AvgIpc) is 3.10. The van der Waals surface area contributed by atoms with Crippen LogP contribution in [-0.2, 0) is 29.6 Å². The van der Waals surface area contributed by atoms with Crippen molar-refractivity contribution in [2.24, 2.45) is 0 Å². The number of anilines is 4. The highest BCUT2D eigenvalue weighted by molar-refractivity contribution is 7.93. The Hall–Kier alpha value is -4.68. The molecular formula is C36H42N4O6S2. The molecule has 0 heterocycles. The van der Waals surface area contributed by atoms with E-state index in [0.29, 0.717) is 35.6 Å². The molecule has 0 aromatic heterocycles. The number of carbonyl (C=O) groups is 2. The molecule has 0 aliphatic heterocycles. The maximum Gasteiger partial charge on any atom is 0.264 e. The van der Waals surface area contributed by atoms with E-state index in [-0.39, 0.29) is 21.6 Å². The first-order chi connectivity index (χ1) is 23.0. The normalized spacial score (nSPS) is 11.5. The number of para-hydroxylation sites is 2. The Kier molecular flexibility index (Phi) is 12.8. The van der Waals surface area contributed by atoms with Crippen LogP contribution in [0.1, 0.15) is 51.4 Å². The van der Waals surface area contributed by atoms with Gasteiger partial charge in [0.25, 0.3) is 20.0 Å². The van der Waals surface area contributed by atoms with Crippen molar-refractivity contribution in [2.75, 3.05) is 33.3 Å². The van der Waals surface area contributed by atoms with Gasteiger partial charge < -0.3 is 10.6 Å². The Balaban J connectivity index is 1.08. The molecule has 254 valence electrons. The molecule has 0 saturated carbocycles. The van der Waals surface area contributed by atoms with Crippen molar-refractivity contribution in [3.05, 3.63) is 109 Å². The van der Waals surface area contributed by atoms with E-state index in [1.54, 1.807) is 72.8 Å². The highest BCUT2D eigenvalue weighted by Gasteiger charge is 2.22. The summed E-state index contributed by atoms with van der Waals surface area (Å²) in [6.45, 7) is 0. The zero-order chi connectivity index (χ0) is 34.6. The summed E-state index contributed by atoms with van der Waals surface area (Å²) in [5.41, 5.74) is 2.19. The van der Waals surface area contributed by atoms with Crippen LogP contribution in [0.25, 0.3) is 0 Å². The van der Waals surface area contributed by atoms with Crippen molar-refractivity contribution in [1.29, 1.82) is 0 Å². The van der Waals surface area contributed by atoms with Crippen LogP contribution in [0.15, 0.2) is 119 Å². The van der Waals surface area contributed by atoms with Crippen molar-refractivity contribution in [3.8, 4) is 0 Å². The molecular weight excluding hydrogens is 649 g/mol. The molecule has 10 nitrogen and oxygen atoms in total. The lowest BCUT2D eigenvalue weighted by Gasteiger charge is -2.19. The number of amides is 2. The summed E-state index contributed by atoms with van der Waals surface area (Å²) >= 11 is 0. The summed E-state index contributed by atoms with van der Waals surface area (Å²) in [5, 5.41) is 5.65. The molecule has 0 spiro atoms. The standard InChI is InChI=1S/C36H42N4O6S2/c1-39(31-15-9-7-10-16-31)47(43,44)33-25-21-29(22-26-33)37-35(41)19-13-5-3-4-6-14-20-36(42)38-30-23-27-34(28-24-30)48(45,46)40(2)32-17-11-8-12-18-32/h7-12,15-18,21-28H,3-6,13-14,19-20H2,1-2H3,(H,37,41)(H,38,42). The van der Waals surface area contributed by atoms with Gasteiger partial charge in [0.2, 0.25) is 11.8 Å². The molecule has 0 aliphatic carbocycles. The first-order valence-corrected chi connectivity index (χ1v) is 18.7. The van der Waals surface area contributed by atoms with Crippen molar-refractivity contribution >= 4 is 54.6 Å². The Morgan fingerprint density at radius 1 is 0.479 bits per heavy atom. The van der Waals surface area contributed by atoms with Crippen LogP contribution in [-0.4, -0.2) is 42.7 Å². The maximum atomic E-state index is 12.9. The molecule has 0 radical (unpaired) electrons. The second-order valence-electron chi connectivity index (χ2n) is 11.4. The van der Waals surface area contributed by atoms with Crippen molar-refractivity contribution in [3.63, 3.8) is 0 Å². The molecule has 2 N–H and O–H groups in total. The summed E-state index contributed by atoms with van der Waals surface area (Å²) in [5.74, 6) is -0.255. The molecule has 48 heavy (non-hydrogen) atoms. The maximum absolute atomic E-state index is 12.9. The van der Waals surface area contributed by atoms with Gasteiger partial charge in [-0.25, -0.2) is 16.8 Å². The Morgan fingerprint density at radius 3 is 1.12 bits per heavy atom. The smallest absolute Gasteiger partial charge is 0.264 e. The van der Waals surface area contributed by atoms with Crippen LogP contribution in [0, 0.1) is 0 Å². The fourth-order valence-electron chi connectivity index (χ4n) is 5.02. The molecule has 0 saturated heterocycles. The molecule has 4 aromatic carbocycles. The van der Waals surface area contributed by atoms with E-state index >= 15 is 0 Å². The van der Waals surface area contributed by atoms with Crippen LogP contribution in [0.2, 0.25) is 0 Å². The van der Waals surface area contributed by atoms with E-state index in [0.717, 1.165) is 38.5 Å². The molecule has 2 amide bonds. The van der Waals surface area contributed by atoms with Crippen LogP contribution < -0.4 is 19.2 Å². The predicted octanol–water partition coefficient (Wildman–Crippen LogP) is 7.03. The molecule has 0 fully saturated rings. The Morgan fingerprint density at radius 2 is 0.792 bits per heavy atom. The van der Waals surface area contributed by atoms with E-state index in [2.05, 4.69) is 10.6 Å². The average molecular weight is 691 g/mol. The summed E-state index contributed by atoms with van der Waals surface area (Å²) in [4.78, 5) is 25.1.